The van der Waals surface area contributed by atoms with Gasteiger partial charge in [-0.2, -0.15) is 13.2 Å². The van der Waals surface area contributed by atoms with E-state index in [1.54, 1.807) is 35.8 Å². The highest BCUT2D eigenvalue weighted by Crippen LogP contribution is 2.43. The van der Waals surface area contributed by atoms with Gasteiger partial charge in [-0.1, -0.05) is 18.6 Å². The van der Waals surface area contributed by atoms with Crippen molar-refractivity contribution in [1.29, 1.82) is 0 Å². The van der Waals surface area contributed by atoms with Crippen LogP contribution in [0.5, 0.6) is 5.75 Å². The van der Waals surface area contributed by atoms with Crippen LogP contribution in [0.15, 0.2) is 42.7 Å². The first-order valence-corrected chi connectivity index (χ1v) is 12.4. The average molecular weight is 530 g/mol. The molecule has 3 heterocycles. The van der Waals surface area contributed by atoms with E-state index < -0.39 is 23.9 Å². The number of aromatic hydroxyl groups is 1. The number of pyridine rings is 1. The minimum absolute atomic E-state index is 0.0467. The van der Waals surface area contributed by atoms with Gasteiger partial charge in [0.05, 0.1) is 42.0 Å². The monoisotopic (exact) mass is 529 g/mol. The molecule has 0 unspecified atom stereocenters. The second kappa shape index (κ2) is 10.8. The van der Waals surface area contributed by atoms with Crippen molar-refractivity contribution in [2.45, 2.75) is 65.3 Å². The zero-order chi connectivity index (χ0) is 27.6. The number of aryl methyl sites for hydroxylation is 2. The quantitative estimate of drug-likeness (QED) is 0.412. The van der Waals surface area contributed by atoms with Gasteiger partial charge in [0.15, 0.2) is 5.75 Å². The van der Waals surface area contributed by atoms with E-state index in [9.17, 15) is 23.1 Å². The summed E-state index contributed by atoms with van der Waals surface area (Å²) in [7, 11) is 0. The van der Waals surface area contributed by atoms with Gasteiger partial charge in [0.25, 0.3) is 0 Å². The third-order valence-corrected chi connectivity index (χ3v) is 6.49. The third kappa shape index (κ3) is 5.66. The van der Waals surface area contributed by atoms with Crippen LogP contribution in [0.3, 0.4) is 0 Å². The second-order valence-electron chi connectivity index (χ2n) is 9.31. The standard InChI is InChI=1S/C27H30F3N5O3/c1-5-20-12-23(24-22(8-7-17(4)33-24)35(20)26(37)38-6-2)34(25-31-13-21(36)14-32-25)15-18-9-16(3)10-19(11-18)27(28,29)30/h7-11,13-14,20,23,36H,5-6,12,15H2,1-4H3/t20-,23+/m1/s1. The molecule has 0 saturated carbocycles. The Morgan fingerprint density at radius 3 is 2.50 bits per heavy atom. The topological polar surface area (TPSA) is 91.7 Å². The summed E-state index contributed by atoms with van der Waals surface area (Å²) in [6.07, 6.45) is -1.48. The first-order valence-electron chi connectivity index (χ1n) is 12.4. The molecule has 3 aromatic rings. The van der Waals surface area contributed by atoms with Crippen molar-refractivity contribution in [3.8, 4) is 5.75 Å². The van der Waals surface area contributed by atoms with E-state index in [1.165, 1.54) is 12.4 Å². The molecule has 0 aliphatic carbocycles. The molecule has 8 nitrogen and oxygen atoms in total. The summed E-state index contributed by atoms with van der Waals surface area (Å²) in [4.78, 5) is 29.7. The van der Waals surface area contributed by atoms with Crippen molar-refractivity contribution in [3.63, 3.8) is 0 Å². The Balaban J connectivity index is 1.86. The molecule has 0 fully saturated rings. The van der Waals surface area contributed by atoms with Crippen molar-refractivity contribution in [3.05, 3.63) is 70.8 Å². The van der Waals surface area contributed by atoms with Crippen molar-refractivity contribution >= 4 is 17.7 Å². The van der Waals surface area contributed by atoms with Crippen molar-refractivity contribution in [2.75, 3.05) is 16.4 Å². The summed E-state index contributed by atoms with van der Waals surface area (Å²) in [5.41, 5.74) is 2.01. The summed E-state index contributed by atoms with van der Waals surface area (Å²) < 4.78 is 46.1. The van der Waals surface area contributed by atoms with Crippen molar-refractivity contribution in [2.24, 2.45) is 0 Å². The van der Waals surface area contributed by atoms with Crippen LogP contribution < -0.4 is 9.80 Å². The van der Waals surface area contributed by atoms with Crippen LogP contribution in [0, 0.1) is 13.8 Å². The number of rotatable bonds is 6. The number of nitrogens with zero attached hydrogens (tertiary/aromatic N) is 5. The largest absolute Gasteiger partial charge is 0.505 e. The summed E-state index contributed by atoms with van der Waals surface area (Å²) in [6, 6.07) is 6.80. The molecular weight excluding hydrogens is 499 g/mol. The smallest absolute Gasteiger partial charge is 0.416 e. The summed E-state index contributed by atoms with van der Waals surface area (Å²) in [5, 5.41) is 9.78. The van der Waals surface area contributed by atoms with Gasteiger partial charge in [-0.15, -0.1) is 0 Å². The van der Waals surface area contributed by atoms with Crippen LogP contribution in [0.25, 0.3) is 0 Å². The van der Waals surface area contributed by atoms with E-state index in [4.69, 9.17) is 9.72 Å². The van der Waals surface area contributed by atoms with Gasteiger partial charge in [0.1, 0.15) is 0 Å². The summed E-state index contributed by atoms with van der Waals surface area (Å²) in [5.74, 6) is 0.0816. The molecule has 2 aromatic heterocycles. The first kappa shape index (κ1) is 27.2. The first-order chi connectivity index (χ1) is 18.0. The number of carbonyl (C=O) groups is 1. The molecule has 2 atom stereocenters. The molecule has 0 spiro atoms. The van der Waals surface area contributed by atoms with Gasteiger partial charge in [0, 0.05) is 18.3 Å². The number of amides is 1. The minimum Gasteiger partial charge on any atom is -0.505 e. The van der Waals surface area contributed by atoms with Crippen molar-refractivity contribution in [1.82, 2.24) is 15.0 Å². The fourth-order valence-corrected chi connectivity index (χ4v) is 4.85. The van der Waals surface area contributed by atoms with Crippen LogP contribution in [0.1, 0.15) is 60.8 Å². The summed E-state index contributed by atoms with van der Waals surface area (Å²) in [6.45, 7) is 7.40. The zero-order valence-corrected chi connectivity index (χ0v) is 21.7. The molecule has 0 bridgehead atoms. The van der Waals surface area contributed by atoms with Gasteiger partial charge in [0.2, 0.25) is 5.95 Å². The van der Waals surface area contributed by atoms with E-state index in [0.717, 1.165) is 12.1 Å². The number of ether oxygens (including phenoxy) is 1. The van der Waals surface area contributed by atoms with Crippen LogP contribution in [0.2, 0.25) is 0 Å². The highest BCUT2D eigenvalue weighted by atomic mass is 19.4. The Kier molecular flexibility index (Phi) is 7.75. The van der Waals surface area contributed by atoms with Crippen LogP contribution in [0.4, 0.5) is 29.6 Å². The second-order valence-corrected chi connectivity index (χ2v) is 9.31. The van der Waals surface area contributed by atoms with Crippen LogP contribution >= 0.6 is 0 Å². The average Bonchev–Trinajstić information content (AvgIpc) is 2.86. The lowest BCUT2D eigenvalue weighted by molar-refractivity contribution is -0.137. The normalized spacial score (nSPS) is 17.2. The molecule has 1 amide bonds. The highest BCUT2D eigenvalue weighted by Gasteiger charge is 2.40. The fourth-order valence-electron chi connectivity index (χ4n) is 4.85. The Morgan fingerprint density at radius 2 is 1.87 bits per heavy atom. The van der Waals surface area contributed by atoms with E-state index in [0.29, 0.717) is 41.0 Å². The van der Waals surface area contributed by atoms with E-state index >= 15 is 0 Å². The molecule has 202 valence electrons. The van der Waals surface area contributed by atoms with Gasteiger partial charge in [-0.05, 0) is 63.4 Å². The van der Waals surface area contributed by atoms with E-state index in [2.05, 4.69) is 9.97 Å². The highest BCUT2D eigenvalue weighted by molar-refractivity contribution is 5.90. The maximum Gasteiger partial charge on any atom is 0.416 e. The van der Waals surface area contributed by atoms with Gasteiger partial charge in [-0.3, -0.25) is 9.88 Å². The number of aromatic nitrogens is 3. The van der Waals surface area contributed by atoms with Crippen LogP contribution in [-0.2, 0) is 17.5 Å². The Labute approximate surface area is 219 Å². The fraction of sp³-hybridized carbons (Fsp3) is 0.407. The zero-order valence-electron chi connectivity index (χ0n) is 21.7. The molecule has 38 heavy (non-hydrogen) atoms. The predicted octanol–water partition coefficient (Wildman–Crippen LogP) is 6.11. The lowest BCUT2D eigenvalue weighted by Crippen LogP contribution is -2.48. The van der Waals surface area contributed by atoms with E-state index in [-0.39, 0.29) is 30.9 Å². The van der Waals surface area contributed by atoms with E-state index in [1.807, 2.05) is 19.9 Å². The number of hydrogen-bond acceptors (Lipinski definition) is 7. The SMILES string of the molecule is CCOC(=O)N1c2ccc(C)nc2[C@@H](N(Cc2cc(C)cc(C(F)(F)F)c2)c2ncc(O)cn2)C[C@H]1CC. The number of hydrogen-bond donors (Lipinski definition) is 1. The minimum atomic E-state index is -4.50. The molecule has 1 aliphatic heterocycles. The number of benzene rings is 1. The van der Waals surface area contributed by atoms with Crippen LogP contribution in [-0.4, -0.2) is 38.8 Å². The molecule has 1 aliphatic rings. The van der Waals surface area contributed by atoms with Gasteiger partial charge in [-0.25, -0.2) is 14.8 Å². The third-order valence-electron chi connectivity index (χ3n) is 6.49. The Morgan fingerprint density at radius 1 is 1.16 bits per heavy atom. The van der Waals surface area contributed by atoms with Gasteiger partial charge >= 0.3 is 12.3 Å². The molecule has 0 radical (unpaired) electrons. The number of fused-ring (bicyclic) bond motifs is 1. The number of halogens is 3. The molecule has 11 heteroatoms. The Hall–Kier alpha value is -3.89. The predicted molar refractivity (Wildman–Crippen MR) is 136 cm³/mol. The Bertz CT molecular complexity index is 1300. The summed E-state index contributed by atoms with van der Waals surface area (Å²) >= 11 is 0. The maximum absolute atomic E-state index is 13.6. The molecular formula is C27H30F3N5O3. The van der Waals surface area contributed by atoms with Crippen molar-refractivity contribution < 1.29 is 27.8 Å². The molecule has 0 saturated heterocycles. The molecule has 4 rings (SSSR count). The maximum atomic E-state index is 13.6. The molecule has 1 N–H and O–H groups in total. The molecule has 1 aromatic carbocycles. The number of anilines is 2. The number of alkyl halides is 3. The number of carbonyl (C=O) groups excluding carboxylic acids is 1. The lowest BCUT2D eigenvalue weighted by atomic mass is 9.91. The van der Waals surface area contributed by atoms with Gasteiger partial charge < -0.3 is 14.7 Å². The lowest BCUT2D eigenvalue weighted by Gasteiger charge is -2.43.